The number of hydrogen-bond donors (Lipinski definition) is 2. The first-order valence-electron chi connectivity index (χ1n) is 17.7. The van der Waals surface area contributed by atoms with Gasteiger partial charge in [0, 0.05) is 42.1 Å². The molecule has 284 valence electrons. The Morgan fingerprint density at radius 2 is 1.43 bits per heavy atom. The largest absolute Gasteiger partial charge is 0.465 e. The number of nitrogens with zero attached hydrogens (tertiary/aromatic N) is 6. The SMILES string of the molecule is CCOC(=O)c1c(-c2cccs2)nn(CC)c(=O)c1Nc1cccnc1.CCn1nc(-c2ccccc2)c(C(=O)OC)c(Nc2cccc3ncccc23)c1=O. The lowest BCUT2D eigenvalue weighted by Crippen LogP contribution is -2.29. The number of esters is 2. The van der Waals surface area contributed by atoms with Crippen LogP contribution in [0.1, 0.15) is 41.5 Å². The Labute approximate surface area is 325 Å². The molecule has 5 heterocycles. The lowest BCUT2D eigenvalue weighted by atomic mass is 10.0. The number of pyridine rings is 2. The second-order valence-electron chi connectivity index (χ2n) is 11.9. The first-order valence-corrected chi connectivity index (χ1v) is 18.6. The first-order chi connectivity index (χ1) is 27.3. The molecule has 2 N–H and O–H groups in total. The number of carbonyl (C=O) groups excluding carboxylic acids is 2. The van der Waals surface area contributed by atoms with Gasteiger partial charge in [0.05, 0.1) is 36.0 Å². The molecule has 15 heteroatoms. The van der Waals surface area contributed by atoms with Gasteiger partial charge < -0.3 is 20.1 Å². The number of methoxy groups -OCH3 is 1. The number of benzene rings is 2. The van der Waals surface area contributed by atoms with Crippen LogP contribution in [-0.2, 0) is 22.6 Å². The molecule has 7 aromatic rings. The molecular formula is C41H38N8O6S. The lowest BCUT2D eigenvalue weighted by Gasteiger charge is -2.17. The van der Waals surface area contributed by atoms with E-state index in [0.717, 1.165) is 15.8 Å². The van der Waals surface area contributed by atoms with E-state index in [2.05, 4.69) is 30.8 Å². The highest BCUT2D eigenvalue weighted by Gasteiger charge is 2.27. The maximum Gasteiger partial charge on any atom is 0.342 e. The maximum atomic E-state index is 13.2. The summed E-state index contributed by atoms with van der Waals surface area (Å²) >= 11 is 1.44. The molecule has 56 heavy (non-hydrogen) atoms. The number of rotatable bonds is 11. The van der Waals surface area contributed by atoms with Gasteiger partial charge in [0.1, 0.15) is 33.9 Å². The van der Waals surface area contributed by atoms with E-state index in [1.807, 2.05) is 92.0 Å². The van der Waals surface area contributed by atoms with Gasteiger partial charge in [0.15, 0.2) is 0 Å². The van der Waals surface area contributed by atoms with Crippen LogP contribution >= 0.6 is 11.3 Å². The molecule has 0 fully saturated rings. The third-order valence-electron chi connectivity index (χ3n) is 8.42. The molecule has 7 rings (SSSR count). The van der Waals surface area contributed by atoms with Gasteiger partial charge in [0.2, 0.25) is 0 Å². The zero-order chi connectivity index (χ0) is 39.6. The van der Waals surface area contributed by atoms with Crippen LogP contribution in [0.15, 0.2) is 118 Å². The van der Waals surface area contributed by atoms with Crippen molar-refractivity contribution in [3.63, 3.8) is 0 Å². The van der Waals surface area contributed by atoms with E-state index in [9.17, 15) is 19.2 Å². The minimum atomic E-state index is -0.637. The van der Waals surface area contributed by atoms with E-state index in [1.165, 1.54) is 27.8 Å². The minimum Gasteiger partial charge on any atom is -0.465 e. The van der Waals surface area contributed by atoms with Gasteiger partial charge in [0.25, 0.3) is 11.1 Å². The molecule has 0 unspecified atom stereocenters. The summed E-state index contributed by atoms with van der Waals surface area (Å²) in [7, 11) is 1.29. The topological polar surface area (TPSA) is 172 Å². The van der Waals surface area contributed by atoms with Gasteiger partial charge >= 0.3 is 11.9 Å². The summed E-state index contributed by atoms with van der Waals surface area (Å²) in [6.45, 7) is 6.30. The van der Waals surface area contributed by atoms with Crippen molar-refractivity contribution in [1.29, 1.82) is 0 Å². The van der Waals surface area contributed by atoms with E-state index in [-0.39, 0.29) is 34.7 Å². The predicted molar refractivity (Wildman–Crippen MR) is 217 cm³/mol. The number of thiophene rings is 1. The van der Waals surface area contributed by atoms with E-state index < -0.39 is 17.5 Å². The molecule has 0 saturated carbocycles. The minimum absolute atomic E-state index is 0.0966. The Hall–Kier alpha value is -7.00. The number of aromatic nitrogens is 6. The Kier molecular flexibility index (Phi) is 12.4. The van der Waals surface area contributed by atoms with Gasteiger partial charge in [-0.05, 0) is 68.6 Å². The van der Waals surface area contributed by atoms with Crippen LogP contribution in [0.4, 0.5) is 22.7 Å². The van der Waals surface area contributed by atoms with Crippen molar-refractivity contribution in [2.75, 3.05) is 24.4 Å². The van der Waals surface area contributed by atoms with Gasteiger partial charge in [-0.1, -0.05) is 42.5 Å². The van der Waals surface area contributed by atoms with Crippen LogP contribution in [0.25, 0.3) is 32.7 Å². The van der Waals surface area contributed by atoms with Gasteiger partial charge in [-0.15, -0.1) is 11.3 Å². The molecule has 0 aliphatic rings. The Balaban J connectivity index is 0.000000192. The quantitative estimate of drug-likeness (QED) is 0.126. The Morgan fingerprint density at radius 1 is 0.732 bits per heavy atom. The van der Waals surface area contributed by atoms with Gasteiger partial charge in [-0.25, -0.2) is 19.0 Å². The zero-order valence-corrected chi connectivity index (χ0v) is 31.9. The molecule has 0 saturated heterocycles. The van der Waals surface area contributed by atoms with Crippen LogP contribution < -0.4 is 21.8 Å². The number of nitrogens with one attached hydrogen (secondary N) is 2. The van der Waals surface area contributed by atoms with Crippen molar-refractivity contribution in [2.45, 2.75) is 33.9 Å². The second kappa shape index (κ2) is 17.9. The fourth-order valence-electron chi connectivity index (χ4n) is 5.82. The summed E-state index contributed by atoms with van der Waals surface area (Å²) in [6, 6.07) is 25.8. The summed E-state index contributed by atoms with van der Waals surface area (Å²) in [6.07, 6.45) is 4.91. The van der Waals surface area contributed by atoms with E-state index >= 15 is 0 Å². The molecule has 0 radical (unpaired) electrons. The summed E-state index contributed by atoms with van der Waals surface area (Å²) < 4.78 is 12.9. The number of ether oxygens (including phenoxy) is 2. The average molecular weight is 771 g/mol. The fourth-order valence-corrected chi connectivity index (χ4v) is 6.53. The van der Waals surface area contributed by atoms with Crippen molar-refractivity contribution in [1.82, 2.24) is 29.5 Å². The van der Waals surface area contributed by atoms with Gasteiger partial charge in [-0.2, -0.15) is 10.2 Å². The third-order valence-corrected chi connectivity index (χ3v) is 9.29. The fraction of sp³-hybridized carbons (Fsp3) is 0.171. The molecule has 0 aliphatic heterocycles. The molecule has 2 aromatic carbocycles. The lowest BCUT2D eigenvalue weighted by molar-refractivity contribution is 0.0526. The number of aryl methyl sites for hydroxylation is 2. The number of fused-ring (bicyclic) bond motifs is 1. The van der Waals surface area contributed by atoms with Crippen molar-refractivity contribution in [3.05, 3.63) is 141 Å². The highest BCUT2D eigenvalue weighted by Crippen LogP contribution is 2.32. The van der Waals surface area contributed by atoms with Crippen LogP contribution in [0.5, 0.6) is 0 Å². The molecule has 5 aromatic heterocycles. The van der Waals surface area contributed by atoms with E-state index in [0.29, 0.717) is 41.4 Å². The van der Waals surface area contributed by atoms with Crippen molar-refractivity contribution in [2.24, 2.45) is 0 Å². The van der Waals surface area contributed by atoms with Crippen molar-refractivity contribution >= 4 is 56.9 Å². The standard InChI is InChI=1S/C23H20N4O3.C18H18N4O3S/c1-3-27-22(28)21(25-18-13-7-12-17-16(18)11-8-14-24-17)19(23(29)30-2)20(26-27)15-9-5-4-6-10-15;1-3-22-17(23)16(20-12-7-5-9-19-11-12)14(18(24)25-4-2)15(21-22)13-8-6-10-26-13/h4-14,25H,3H2,1-2H3;5-11,20H,3-4H2,1-2H3. The zero-order valence-electron chi connectivity index (χ0n) is 31.1. The molecule has 0 amide bonds. The Morgan fingerprint density at radius 3 is 2.07 bits per heavy atom. The first kappa shape index (κ1) is 38.7. The van der Waals surface area contributed by atoms with Crippen LogP contribution in [-0.4, -0.2) is 55.2 Å². The monoisotopic (exact) mass is 770 g/mol. The van der Waals surface area contributed by atoms with Crippen molar-refractivity contribution in [3.8, 4) is 21.8 Å². The predicted octanol–water partition coefficient (Wildman–Crippen LogP) is 7.32. The Bertz CT molecular complexity index is 2590. The van der Waals surface area contributed by atoms with Crippen LogP contribution in [0.2, 0.25) is 0 Å². The van der Waals surface area contributed by atoms with E-state index in [4.69, 9.17) is 9.47 Å². The van der Waals surface area contributed by atoms with Crippen LogP contribution in [0, 0.1) is 0 Å². The summed E-state index contributed by atoms with van der Waals surface area (Å²) in [5.41, 5.74) is 3.24. The highest BCUT2D eigenvalue weighted by molar-refractivity contribution is 7.13. The smallest absolute Gasteiger partial charge is 0.342 e. The summed E-state index contributed by atoms with van der Waals surface area (Å²) in [4.78, 5) is 60.7. The highest BCUT2D eigenvalue weighted by atomic mass is 32.1. The van der Waals surface area contributed by atoms with Gasteiger partial charge in [-0.3, -0.25) is 19.6 Å². The van der Waals surface area contributed by atoms with Crippen molar-refractivity contribution < 1.29 is 19.1 Å². The molecule has 0 bridgehead atoms. The second-order valence-corrected chi connectivity index (χ2v) is 12.8. The summed E-state index contributed by atoms with van der Waals surface area (Å²) in [5.74, 6) is -1.22. The van der Waals surface area contributed by atoms with E-state index in [1.54, 1.807) is 37.6 Å². The molecule has 14 nitrogen and oxygen atoms in total. The molecule has 0 atom stereocenters. The molecule has 0 aliphatic carbocycles. The average Bonchev–Trinajstić information content (AvgIpc) is 3.78. The van der Waals surface area contributed by atoms with Crippen LogP contribution in [0.3, 0.4) is 0 Å². The maximum absolute atomic E-state index is 13.2. The number of anilines is 4. The molecule has 0 spiro atoms. The normalized spacial score (nSPS) is 10.6. The summed E-state index contributed by atoms with van der Waals surface area (Å²) in [5, 5.41) is 17.8. The molecular weight excluding hydrogens is 733 g/mol. The number of carbonyl (C=O) groups is 2. The number of hydrogen-bond acceptors (Lipinski definition) is 13. The third kappa shape index (κ3) is 8.22.